The third-order valence-corrected chi connectivity index (χ3v) is 6.14. The molecule has 0 aliphatic heterocycles. The fourth-order valence-corrected chi connectivity index (χ4v) is 4.52. The zero-order valence-corrected chi connectivity index (χ0v) is 13.7. The van der Waals surface area contributed by atoms with E-state index in [2.05, 4.69) is 17.5 Å². The van der Waals surface area contributed by atoms with Crippen molar-refractivity contribution in [1.29, 1.82) is 5.41 Å². The minimum atomic E-state index is 0.111. The highest BCUT2D eigenvalue weighted by Gasteiger charge is 2.15. The van der Waals surface area contributed by atoms with Gasteiger partial charge < -0.3 is 5.73 Å². The molecule has 0 saturated heterocycles. The van der Waals surface area contributed by atoms with E-state index in [9.17, 15) is 0 Å². The first-order valence-corrected chi connectivity index (χ1v) is 9.14. The number of thiazole rings is 1. The lowest BCUT2D eigenvalue weighted by Crippen LogP contribution is -2.08. The van der Waals surface area contributed by atoms with Gasteiger partial charge in [-0.2, -0.15) is 0 Å². The summed E-state index contributed by atoms with van der Waals surface area (Å²) in [5.74, 6) is 0.111. The van der Waals surface area contributed by atoms with E-state index < -0.39 is 0 Å². The van der Waals surface area contributed by atoms with Crippen LogP contribution < -0.4 is 5.73 Å². The smallest absolute Gasteiger partial charge is 0.133 e. The van der Waals surface area contributed by atoms with Gasteiger partial charge >= 0.3 is 0 Å². The number of rotatable bonds is 4. The van der Waals surface area contributed by atoms with Crippen LogP contribution in [0.3, 0.4) is 0 Å². The van der Waals surface area contributed by atoms with E-state index in [-0.39, 0.29) is 5.84 Å². The van der Waals surface area contributed by atoms with Crippen molar-refractivity contribution in [3.05, 3.63) is 46.7 Å². The van der Waals surface area contributed by atoms with Crippen LogP contribution >= 0.6 is 34.4 Å². The number of aromatic nitrogens is 1. The van der Waals surface area contributed by atoms with Crippen molar-refractivity contribution < 1.29 is 0 Å². The summed E-state index contributed by atoms with van der Waals surface area (Å²) in [5.41, 5.74) is 8.73. The van der Waals surface area contributed by atoms with Crippen molar-refractivity contribution in [2.75, 3.05) is 6.26 Å². The van der Waals surface area contributed by atoms with Crippen molar-refractivity contribution >= 4 is 40.3 Å². The molecule has 3 N–H and O–H groups in total. The van der Waals surface area contributed by atoms with Crippen molar-refractivity contribution in [1.82, 2.24) is 4.98 Å². The van der Waals surface area contributed by atoms with Gasteiger partial charge in [0.15, 0.2) is 0 Å². The summed E-state index contributed by atoms with van der Waals surface area (Å²) >= 11 is 4.84. The number of nitrogens with two attached hydrogens (primary N) is 1. The molecule has 0 amide bonds. The Morgan fingerprint density at radius 2 is 2.05 bits per heavy atom. The van der Waals surface area contributed by atoms with E-state index in [1.807, 2.05) is 30.5 Å². The molecule has 2 aromatic heterocycles. The second kappa shape index (κ2) is 6.01. The molecule has 0 aliphatic rings. The van der Waals surface area contributed by atoms with Crippen LogP contribution in [0, 0.1) is 5.41 Å². The molecule has 0 unspecified atom stereocenters. The number of amidine groups is 1. The fourth-order valence-electron chi connectivity index (χ4n) is 1.95. The van der Waals surface area contributed by atoms with E-state index in [0.29, 0.717) is 0 Å². The van der Waals surface area contributed by atoms with Gasteiger partial charge in [0.05, 0.1) is 14.8 Å². The van der Waals surface area contributed by atoms with E-state index in [1.54, 1.807) is 34.4 Å². The molecular formula is C15H13N3S3. The molecule has 3 aromatic rings. The second-order valence-electron chi connectivity index (χ2n) is 4.33. The maximum Gasteiger partial charge on any atom is 0.133 e. The molecule has 0 atom stereocenters. The van der Waals surface area contributed by atoms with Crippen LogP contribution in [-0.2, 0) is 0 Å². The van der Waals surface area contributed by atoms with Gasteiger partial charge in [-0.3, -0.25) is 5.41 Å². The Morgan fingerprint density at radius 3 is 2.71 bits per heavy atom. The van der Waals surface area contributed by atoms with Crippen LogP contribution in [0.5, 0.6) is 0 Å². The van der Waals surface area contributed by atoms with Gasteiger partial charge in [0.1, 0.15) is 10.8 Å². The molecule has 106 valence electrons. The van der Waals surface area contributed by atoms with Gasteiger partial charge in [0, 0.05) is 16.5 Å². The van der Waals surface area contributed by atoms with Gasteiger partial charge in [0.25, 0.3) is 0 Å². The predicted octanol–water partition coefficient (Wildman–Crippen LogP) is 4.54. The standard InChI is InChI=1S/C15H13N3S3/c1-19-15-10(7-12(21-15)13(16)17)11-8-20-14(18-11)9-5-3-2-4-6-9/h2-8H,1H3,(H3,16,17). The number of thiophene rings is 1. The average Bonchev–Trinajstić information content (AvgIpc) is 3.14. The van der Waals surface area contributed by atoms with Gasteiger partial charge in [-0.25, -0.2) is 4.98 Å². The zero-order chi connectivity index (χ0) is 14.8. The molecule has 6 heteroatoms. The normalized spacial score (nSPS) is 10.7. The lowest BCUT2D eigenvalue weighted by molar-refractivity contribution is 1.39. The first-order chi connectivity index (χ1) is 10.2. The summed E-state index contributed by atoms with van der Waals surface area (Å²) < 4.78 is 1.14. The maximum atomic E-state index is 7.58. The Morgan fingerprint density at radius 1 is 1.29 bits per heavy atom. The van der Waals surface area contributed by atoms with Crippen LogP contribution in [0.25, 0.3) is 21.8 Å². The number of nitrogen functional groups attached to an aromatic ring is 1. The van der Waals surface area contributed by atoms with Crippen LogP contribution in [-0.4, -0.2) is 17.1 Å². The molecule has 0 saturated carbocycles. The molecular weight excluding hydrogens is 318 g/mol. The number of nitrogens with zero attached hydrogens (tertiary/aromatic N) is 1. The molecule has 2 heterocycles. The topological polar surface area (TPSA) is 62.8 Å². The van der Waals surface area contributed by atoms with E-state index in [0.717, 1.165) is 30.9 Å². The fraction of sp³-hybridized carbons (Fsp3) is 0.0667. The Hall–Kier alpha value is -1.63. The minimum Gasteiger partial charge on any atom is -0.383 e. The minimum absolute atomic E-state index is 0.111. The number of nitrogens with one attached hydrogen (secondary N) is 1. The van der Waals surface area contributed by atoms with Crippen molar-refractivity contribution in [2.45, 2.75) is 4.21 Å². The van der Waals surface area contributed by atoms with Crippen molar-refractivity contribution in [2.24, 2.45) is 5.73 Å². The molecule has 1 aromatic carbocycles. The molecule has 3 nitrogen and oxygen atoms in total. The number of benzene rings is 1. The number of thioether (sulfide) groups is 1. The Kier molecular flexibility index (Phi) is 4.10. The number of hydrogen-bond acceptors (Lipinski definition) is 5. The van der Waals surface area contributed by atoms with Gasteiger partial charge in [0.2, 0.25) is 0 Å². The highest BCUT2D eigenvalue weighted by molar-refractivity contribution is 8.00. The van der Waals surface area contributed by atoms with Crippen molar-refractivity contribution in [3.63, 3.8) is 0 Å². The third-order valence-electron chi connectivity index (χ3n) is 2.95. The summed E-state index contributed by atoms with van der Waals surface area (Å²) in [7, 11) is 0. The van der Waals surface area contributed by atoms with Crippen LogP contribution in [0.4, 0.5) is 0 Å². The molecule has 21 heavy (non-hydrogen) atoms. The molecule has 0 bridgehead atoms. The third kappa shape index (κ3) is 2.88. The predicted molar refractivity (Wildman–Crippen MR) is 93.7 cm³/mol. The summed E-state index contributed by atoms with van der Waals surface area (Å²) in [5, 5.41) is 10.7. The van der Waals surface area contributed by atoms with E-state index >= 15 is 0 Å². The van der Waals surface area contributed by atoms with Gasteiger partial charge in [-0.1, -0.05) is 30.3 Å². The monoisotopic (exact) mass is 331 g/mol. The first kappa shape index (κ1) is 14.3. The summed E-state index contributed by atoms with van der Waals surface area (Å²) in [6.07, 6.45) is 2.03. The van der Waals surface area contributed by atoms with E-state index in [4.69, 9.17) is 16.1 Å². The highest BCUT2D eigenvalue weighted by atomic mass is 32.2. The summed E-state index contributed by atoms with van der Waals surface area (Å²) in [6, 6.07) is 12.1. The Balaban J connectivity index is 2.02. The van der Waals surface area contributed by atoms with Gasteiger partial charge in [-0.15, -0.1) is 34.4 Å². The maximum absolute atomic E-state index is 7.58. The summed E-state index contributed by atoms with van der Waals surface area (Å²) in [6.45, 7) is 0. The number of hydrogen-bond donors (Lipinski definition) is 2. The van der Waals surface area contributed by atoms with Gasteiger partial charge in [-0.05, 0) is 12.3 Å². The largest absolute Gasteiger partial charge is 0.383 e. The summed E-state index contributed by atoms with van der Waals surface area (Å²) in [4.78, 5) is 5.53. The highest BCUT2D eigenvalue weighted by Crippen LogP contribution is 2.39. The van der Waals surface area contributed by atoms with Crippen LogP contribution in [0.2, 0.25) is 0 Å². The molecule has 0 spiro atoms. The molecule has 0 radical (unpaired) electrons. The van der Waals surface area contributed by atoms with Crippen molar-refractivity contribution in [3.8, 4) is 21.8 Å². The lowest BCUT2D eigenvalue weighted by Gasteiger charge is -1.96. The van der Waals surface area contributed by atoms with Crippen LogP contribution in [0.15, 0.2) is 46.0 Å². The second-order valence-corrected chi connectivity index (χ2v) is 7.32. The Labute approximate surface area is 135 Å². The average molecular weight is 331 g/mol. The molecule has 0 aliphatic carbocycles. The zero-order valence-electron chi connectivity index (χ0n) is 11.3. The molecule has 3 rings (SSSR count). The van der Waals surface area contributed by atoms with E-state index in [1.165, 1.54) is 0 Å². The molecule has 0 fully saturated rings. The lowest BCUT2D eigenvalue weighted by atomic mass is 10.2. The van der Waals surface area contributed by atoms with Crippen LogP contribution in [0.1, 0.15) is 4.88 Å². The first-order valence-electron chi connectivity index (χ1n) is 6.22. The Bertz CT molecular complexity index is 775. The SMILES string of the molecule is CSc1sc(C(=N)N)cc1-c1csc(-c2ccccc2)n1. The quantitative estimate of drug-likeness (QED) is 0.419.